The van der Waals surface area contributed by atoms with Gasteiger partial charge in [0.2, 0.25) is 0 Å². The fourth-order valence-electron chi connectivity index (χ4n) is 2.53. The van der Waals surface area contributed by atoms with Crippen molar-refractivity contribution in [3.05, 3.63) is 35.7 Å². The maximum Gasteiger partial charge on any atom is 0.0671 e. The number of hydrogen-bond acceptors (Lipinski definition) is 2. The summed E-state index contributed by atoms with van der Waals surface area (Å²) >= 11 is 0. The topological polar surface area (TPSA) is 29.9 Å². The van der Waals surface area contributed by atoms with Gasteiger partial charge in [0.25, 0.3) is 0 Å². The maximum atomic E-state index is 4.40. The van der Waals surface area contributed by atoms with Crippen molar-refractivity contribution < 1.29 is 0 Å². The van der Waals surface area contributed by atoms with Crippen molar-refractivity contribution >= 4 is 5.69 Å². The van der Waals surface area contributed by atoms with Gasteiger partial charge in [0.1, 0.15) is 0 Å². The van der Waals surface area contributed by atoms with Crippen molar-refractivity contribution in [2.45, 2.75) is 19.8 Å². The molecule has 17 heavy (non-hydrogen) atoms. The molecule has 1 aromatic heterocycles. The lowest BCUT2D eigenvalue weighted by Crippen LogP contribution is -2.11. The number of aryl methyl sites for hydroxylation is 3. The summed E-state index contributed by atoms with van der Waals surface area (Å²) in [6, 6.07) is 6.67. The molecule has 1 aliphatic heterocycles. The minimum atomic E-state index is 1.09. The Morgan fingerprint density at radius 1 is 1.35 bits per heavy atom. The second-order valence-corrected chi connectivity index (χ2v) is 4.70. The van der Waals surface area contributed by atoms with E-state index in [2.05, 4.69) is 41.7 Å². The Bertz CT molecular complexity index is 555. The Morgan fingerprint density at radius 2 is 2.24 bits per heavy atom. The van der Waals surface area contributed by atoms with Gasteiger partial charge in [0.15, 0.2) is 0 Å². The summed E-state index contributed by atoms with van der Waals surface area (Å²) < 4.78 is 1.88. The predicted octanol–water partition coefficient (Wildman–Crippen LogP) is 2.75. The van der Waals surface area contributed by atoms with Crippen LogP contribution in [0, 0.1) is 6.92 Å². The summed E-state index contributed by atoms with van der Waals surface area (Å²) in [7, 11) is 1.97. The summed E-state index contributed by atoms with van der Waals surface area (Å²) in [6.07, 6.45) is 4.49. The molecule has 3 nitrogen and oxygen atoms in total. The molecule has 2 heterocycles. The van der Waals surface area contributed by atoms with E-state index in [9.17, 15) is 0 Å². The molecule has 2 aromatic rings. The third-order valence-corrected chi connectivity index (χ3v) is 3.37. The van der Waals surface area contributed by atoms with Crippen molar-refractivity contribution in [3.63, 3.8) is 0 Å². The van der Waals surface area contributed by atoms with Crippen LogP contribution in [0.2, 0.25) is 0 Å². The second-order valence-electron chi connectivity index (χ2n) is 4.70. The van der Waals surface area contributed by atoms with Crippen molar-refractivity contribution in [1.29, 1.82) is 0 Å². The number of rotatable bonds is 1. The lowest BCUT2D eigenvalue weighted by molar-refractivity contribution is 0.756. The monoisotopic (exact) mass is 227 g/mol. The van der Waals surface area contributed by atoms with Crippen LogP contribution in [-0.4, -0.2) is 16.3 Å². The van der Waals surface area contributed by atoms with E-state index in [4.69, 9.17) is 0 Å². The number of anilines is 1. The highest BCUT2D eigenvalue weighted by Crippen LogP contribution is 2.29. The molecule has 0 saturated heterocycles. The molecule has 3 rings (SSSR count). The highest BCUT2D eigenvalue weighted by Gasteiger charge is 2.11. The van der Waals surface area contributed by atoms with E-state index in [-0.39, 0.29) is 0 Å². The Labute approximate surface area is 101 Å². The lowest BCUT2D eigenvalue weighted by Gasteiger charge is -2.18. The highest BCUT2D eigenvalue weighted by molar-refractivity contribution is 5.70. The molecular weight excluding hydrogens is 210 g/mol. The van der Waals surface area contributed by atoms with Crippen molar-refractivity contribution in [3.8, 4) is 11.1 Å². The van der Waals surface area contributed by atoms with E-state index in [1.165, 1.54) is 35.2 Å². The van der Waals surface area contributed by atoms with Crippen molar-refractivity contribution in [1.82, 2.24) is 9.78 Å². The van der Waals surface area contributed by atoms with Gasteiger partial charge >= 0.3 is 0 Å². The summed E-state index contributed by atoms with van der Waals surface area (Å²) in [5.41, 5.74) is 6.33. The van der Waals surface area contributed by atoms with E-state index in [0.717, 1.165) is 12.2 Å². The molecular formula is C14H17N3. The molecule has 0 amide bonds. The third-order valence-electron chi connectivity index (χ3n) is 3.37. The maximum absolute atomic E-state index is 4.40. The summed E-state index contributed by atoms with van der Waals surface area (Å²) in [5.74, 6) is 0. The molecule has 0 saturated carbocycles. The van der Waals surface area contributed by atoms with Gasteiger partial charge in [-0.05, 0) is 43.0 Å². The van der Waals surface area contributed by atoms with Crippen LogP contribution < -0.4 is 5.32 Å². The van der Waals surface area contributed by atoms with Crippen LogP contribution in [0.15, 0.2) is 24.4 Å². The van der Waals surface area contributed by atoms with E-state index in [1.54, 1.807) is 0 Å². The number of benzene rings is 1. The van der Waals surface area contributed by atoms with Crippen molar-refractivity contribution in [2.24, 2.45) is 7.05 Å². The lowest BCUT2D eigenvalue weighted by atomic mass is 9.98. The average Bonchev–Trinajstić information content (AvgIpc) is 2.68. The Hall–Kier alpha value is -1.77. The number of fused-ring (bicyclic) bond motifs is 1. The van der Waals surface area contributed by atoms with Crippen LogP contribution in [0.1, 0.15) is 17.7 Å². The van der Waals surface area contributed by atoms with Crippen LogP contribution in [0.25, 0.3) is 11.1 Å². The Kier molecular flexibility index (Phi) is 2.39. The first kappa shape index (κ1) is 10.4. The van der Waals surface area contributed by atoms with Gasteiger partial charge in [-0.3, -0.25) is 4.68 Å². The van der Waals surface area contributed by atoms with E-state index < -0.39 is 0 Å². The third kappa shape index (κ3) is 1.82. The van der Waals surface area contributed by atoms with Crippen LogP contribution in [0.4, 0.5) is 5.69 Å². The van der Waals surface area contributed by atoms with Crippen LogP contribution in [0.3, 0.4) is 0 Å². The number of hydrogen-bond donors (Lipinski definition) is 1. The van der Waals surface area contributed by atoms with Gasteiger partial charge in [-0.15, -0.1) is 0 Å². The minimum absolute atomic E-state index is 1.09. The first-order valence-corrected chi connectivity index (χ1v) is 6.11. The summed E-state index contributed by atoms with van der Waals surface area (Å²) in [4.78, 5) is 0. The summed E-state index contributed by atoms with van der Waals surface area (Å²) in [5, 5.41) is 7.84. The molecule has 0 bridgehead atoms. The van der Waals surface area contributed by atoms with Gasteiger partial charge in [-0.25, -0.2) is 0 Å². The fourth-order valence-corrected chi connectivity index (χ4v) is 2.53. The number of aromatic nitrogens is 2. The Balaban J connectivity index is 2.06. The zero-order valence-electron chi connectivity index (χ0n) is 10.3. The van der Waals surface area contributed by atoms with Crippen molar-refractivity contribution in [2.75, 3.05) is 11.9 Å². The van der Waals surface area contributed by atoms with Gasteiger partial charge < -0.3 is 5.32 Å². The Morgan fingerprint density at radius 3 is 3.00 bits per heavy atom. The number of nitrogens with one attached hydrogen (secondary N) is 1. The SMILES string of the molecule is Cc1nn(C)cc1-c1ccc2c(c1)CCCN2. The van der Waals surface area contributed by atoms with Crippen LogP contribution in [0.5, 0.6) is 0 Å². The zero-order chi connectivity index (χ0) is 11.8. The molecule has 1 aromatic carbocycles. The normalized spacial score (nSPS) is 14.2. The summed E-state index contributed by atoms with van der Waals surface area (Å²) in [6.45, 7) is 3.16. The quantitative estimate of drug-likeness (QED) is 0.811. The van der Waals surface area contributed by atoms with E-state index in [1.807, 2.05) is 11.7 Å². The molecule has 0 radical (unpaired) electrons. The van der Waals surface area contributed by atoms with Gasteiger partial charge in [-0.1, -0.05) is 6.07 Å². The van der Waals surface area contributed by atoms with Gasteiger partial charge in [0, 0.05) is 31.0 Å². The van der Waals surface area contributed by atoms with Crippen LogP contribution >= 0.6 is 0 Å². The molecule has 0 unspecified atom stereocenters. The second kappa shape index (κ2) is 3.91. The standard InChI is InChI=1S/C14H17N3/c1-10-13(9-17(2)16-10)11-5-6-14-12(8-11)4-3-7-15-14/h5-6,8-9,15H,3-4,7H2,1-2H3. The number of nitrogens with zero attached hydrogens (tertiary/aromatic N) is 2. The first-order valence-electron chi connectivity index (χ1n) is 6.11. The zero-order valence-corrected chi connectivity index (χ0v) is 10.3. The minimum Gasteiger partial charge on any atom is -0.385 e. The molecule has 0 fully saturated rings. The molecule has 0 aliphatic carbocycles. The highest BCUT2D eigenvalue weighted by atomic mass is 15.2. The fraction of sp³-hybridized carbons (Fsp3) is 0.357. The van der Waals surface area contributed by atoms with E-state index in [0.29, 0.717) is 0 Å². The molecule has 0 spiro atoms. The molecule has 1 aliphatic rings. The molecule has 1 N–H and O–H groups in total. The van der Waals surface area contributed by atoms with E-state index >= 15 is 0 Å². The van der Waals surface area contributed by atoms with Gasteiger partial charge in [0.05, 0.1) is 5.69 Å². The average molecular weight is 227 g/mol. The largest absolute Gasteiger partial charge is 0.385 e. The van der Waals surface area contributed by atoms with Crippen LogP contribution in [-0.2, 0) is 13.5 Å². The van der Waals surface area contributed by atoms with Gasteiger partial charge in [-0.2, -0.15) is 5.10 Å². The molecule has 3 heteroatoms. The predicted molar refractivity (Wildman–Crippen MR) is 70.2 cm³/mol. The first-order chi connectivity index (χ1) is 8.24. The molecule has 0 atom stereocenters. The molecule has 88 valence electrons. The smallest absolute Gasteiger partial charge is 0.0671 e.